The van der Waals surface area contributed by atoms with Gasteiger partial charge in [-0.3, -0.25) is 9.78 Å². The largest absolute Gasteiger partial charge is 0.508 e. The van der Waals surface area contributed by atoms with Gasteiger partial charge in [-0.1, -0.05) is 18.2 Å². The molecule has 1 aromatic heterocycles. The molecule has 1 fully saturated rings. The van der Waals surface area contributed by atoms with Crippen LogP contribution in [0.5, 0.6) is 5.75 Å². The van der Waals surface area contributed by atoms with Crippen molar-refractivity contribution in [2.24, 2.45) is 0 Å². The number of rotatable bonds is 2. The number of hydrogen-bond acceptors (Lipinski definition) is 4. The highest BCUT2D eigenvalue weighted by Gasteiger charge is 2.22. The summed E-state index contributed by atoms with van der Waals surface area (Å²) < 4.78 is 0. The van der Waals surface area contributed by atoms with E-state index >= 15 is 0 Å². The van der Waals surface area contributed by atoms with E-state index in [1.165, 1.54) is 0 Å². The molecule has 0 bridgehead atoms. The van der Waals surface area contributed by atoms with Gasteiger partial charge in [-0.05, 0) is 36.4 Å². The van der Waals surface area contributed by atoms with Crippen LogP contribution in [0, 0.1) is 0 Å². The fourth-order valence-corrected chi connectivity index (χ4v) is 3.20. The Labute approximate surface area is 146 Å². The zero-order valence-electron chi connectivity index (χ0n) is 13.8. The van der Waals surface area contributed by atoms with Crippen molar-refractivity contribution in [2.75, 3.05) is 31.1 Å². The van der Waals surface area contributed by atoms with E-state index in [9.17, 15) is 9.90 Å². The molecule has 5 heteroatoms. The highest BCUT2D eigenvalue weighted by molar-refractivity contribution is 5.97. The molecule has 1 N–H and O–H groups in total. The number of nitrogens with zero attached hydrogens (tertiary/aromatic N) is 3. The van der Waals surface area contributed by atoms with E-state index in [2.05, 4.69) is 9.88 Å². The third kappa shape index (κ3) is 3.13. The molecule has 5 nitrogen and oxygen atoms in total. The van der Waals surface area contributed by atoms with Gasteiger partial charge in [0.1, 0.15) is 5.75 Å². The Bertz CT molecular complexity index is 900. The predicted molar refractivity (Wildman–Crippen MR) is 98.0 cm³/mol. The Morgan fingerprint density at radius 2 is 1.68 bits per heavy atom. The number of piperazine rings is 1. The molecule has 0 atom stereocenters. The second kappa shape index (κ2) is 6.43. The van der Waals surface area contributed by atoms with Crippen LogP contribution in [-0.4, -0.2) is 47.1 Å². The van der Waals surface area contributed by atoms with Gasteiger partial charge in [-0.15, -0.1) is 0 Å². The molecule has 25 heavy (non-hydrogen) atoms. The Morgan fingerprint density at radius 1 is 0.960 bits per heavy atom. The molecular formula is C20H19N3O2. The average Bonchev–Trinajstić information content (AvgIpc) is 2.68. The van der Waals surface area contributed by atoms with Gasteiger partial charge in [0.05, 0.1) is 11.1 Å². The SMILES string of the molecule is O=C(c1cnc2ccccc2c1)N1CCN(c2ccc(O)cc2)CC1. The highest BCUT2D eigenvalue weighted by atomic mass is 16.3. The molecule has 0 aliphatic carbocycles. The molecular weight excluding hydrogens is 314 g/mol. The van der Waals surface area contributed by atoms with E-state index < -0.39 is 0 Å². The summed E-state index contributed by atoms with van der Waals surface area (Å²) in [4.78, 5) is 21.3. The Morgan fingerprint density at radius 3 is 2.44 bits per heavy atom. The lowest BCUT2D eigenvalue weighted by atomic mass is 10.1. The number of aromatic hydroxyl groups is 1. The van der Waals surface area contributed by atoms with Gasteiger partial charge in [-0.2, -0.15) is 0 Å². The Kier molecular flexibility index (Phi) is 3.98. The molecule has 1 aliphatic rings. The van der Waals surface area contributed by atoms with Crippen LogP contribution in [0.15, 0.2) is 60.8 Å². The lowest BCUT2D eigenvalue weighted by Crippen LogP contribution is -2.48. The molecule has 3 aromatic rings. The van der Waals surface area contributed by atoms with Gasteiger partial charge in [0.2, 0.25) is 0 Å². The monoisotopic (exact) mass is 333 g/mol. The Balaban J connectivity index is 1.46. The molecule has 2 aromatic carbocycles. The summed E-state index contributed by atoms with van der Waals surface area (Å²) in [6.07, 6.45) is 1.66. The predicted octanol–water partition coefficient (Wildman–Crippen LogP) is 2.90. The molecule has 126 valence electrons. The third-order valence-electron chi connectivity index (χ3n) is 4.62. The van der Waals surface area contributed by atoms with E-state index in [1.54, 1.807) is 18.3 Å². The van der Waals surface area contributed by atoms with Gasteiger partial charge in [-0.25, -0.2) is 0 Å². The maximum Gasteiger partial charge on any atom is 0.255 e. The standard InChI is InChI=1S/C20H19N3O2/c24-18-7-5-17(6-8-18)22-9-11-23(12-10-22)20(25)16-13-15-3-1-2-4-19(15)21-14-16/h1-8,13-14,24H,9-12H2. The van der Waals surface area contributed by atoms with E-state index in [0.717, 1.165) is 29.7 Å². The number of phenolic OH excluding ortho intramolecular Hbond substituents is 1. The van der Waals surface area contributed by atoms with Crippen molar-refractivity contribution in [3.8, 4) is 5.75 Å². The first-order valence-electron chi connectivity index (χ1n) is 8.39. The topological polar surface area (TPSA) is 56.7 Å². The summed E-state index contributed by atoms with van der Waals surface area (Å²) in [5.74, 6) is 0.296. The zero-order valence-corrected chi connectivity index (χ0v) is 13.8. The number of fused-ring (bicyclic) bond motifs is 1. The number of anilines is 1. The molecule has 2 heterocycles. The van der Waals surface area contributed by atoms with Crippen LogP contribution in [0.4, 0.5) is 5.69 Å². The number of pyridine rings is 1. The quantitative estimate of drug-likeness (QED) is 0.783. The molecule has 4 rings (SSSR count). The Hall–Kier alpha value is -3.08. The summed E-state index contributed by atoms with van der Waals surface area (Å²) in [6.45, 7) is 2.90. The van der Waals surface area contributed by atoms with E-state index in [4.69, 9.17) is 0 Å². The average molecular weight is 333 g/mol. The van der Waals surface area contributed by atoms with Crippen LogP contribution in [-0.2, 0) is 0 Å². The van der Waals surface area contributed by atoms with Crippen molar-refractivity contribution in [1.82, 2.24) is 9.88 Å². The van der Waals surface area contributed by atoms with Crippen LogP contribution in [0.2, 0.25) is 0 Å². The van der Waals surface area contributed by atoms with Crippen LogP contribution in [0.25, 0.3) is 10.9 Å². The van der Waals surface area contributed by atoms with Crippen LogP contribution in [0.3, 0.4) is 0 Å². The van der Waals surface area contributed by atoms with Crippen LogP contribution >= 0.6 is 0 Å². The van der Waals surface area contributed by atoms with Crippen molar-refractivity contribution in [3.05, 3.63) is 66.4 Å². The van der Waals surface area contributed by atoms with Crippen molar-refractivity contribution < 1.29 is 9.90 Å². The highest BCUT2D eigenvalue weighted by Crippen LogP contribution is 2.21. The molecule has 1 amide bonds. The summed E-state index contributed by atoms with van der Waals surface area (Å²) in [6, 6.07) is 16.9. The molecule has 0 unspecified atom stereocenters. The van der Waals surface area contributed by atoms with Crippen LogP contribution < -0.4 is 4.90 Å². The lowest BCUT2D eigenvalue weighted by Gasteiger charge is -2.36. The van der Waals surface area contributed by atoms with Gasteiger partial charge in [0.15, 0.2) is 0 Å². The minimum Gasteiger partial charge on any atom is -0.508 e. The van der Waals surface area contributed by atoms with Crippen molar-refractivity contribution >= 4 is 22.5 Å². The summed E-state index contributed by atoms with van der Waals surface area (Å²) in [7, 11) is 0. The number of phenols is 1. The van der Waals surface area contributed by atoms with Crippen molar-refractivity contribution in [2.45, 2.75) is 0 Å². The first kappa shape index (κ1) is 15.4. The zero-order chi connectivity index (χ0) is 17.2. The van der Waals surface area contributed by atoms with Gasteiger partial charge in [0.25, 0.3) is 5.91 Å². The number of carbonyl (C=O) groups is 1. The molecule has 0 saturated carbocycles. The summed E-state index contributed by atoms with van der Waals surface area (Å²) in [5.41, 5.74) is 2.60. The number of carbonyl (C=O) groups excluding carboxylic acids is 1. The molecule has 0 radical (unpaired) electrons. The fraction of sp³-hybridized carbons (Fsp3) is 0.200. The second-order valence-electron chi connectivity index (χ2n) is 6.21. The van der Waals surface area contributed by atoms with Gasteiger partial charge in [0, 0.05) is 43.4 Å². The van der Waals surface area contributed by atoms with Crippen LogP contribution in [0.1, 0.15) is 10.4 Å². The number of benzene rings is 2. The first-order valence-corrected chi connectivity index (χ1v) is 8.39. The maximum absolute atomic E-state index is 12.8. The summed E-state index contributed by atoms with van der Waals surface area (Å²) in [5, 5.41) is 10.4. The first-order chi connectivity index (χ1) is 12.2. The third-order valence-corrected chi connectivity index (χ3v) is 4.62. The minimum atomic E-state index is 0.0311. The van der Waals surface area contributed by atoms with Crippen molar-refractivity contribution in [1.29, 1.82) is 0 Å². The van der Waals surface area contributed by atoms with Crippen molar-refractivity contribution in [3.63, 3.8) is 0 Å². The second-order valence-corrected chi connectivity index (χ2v) is 6.21. The number of aromatic nitrogens is 1. The molecule has 1 aliphatic heterocycles. The molecule has 0 spiro atoms. The smallest absolute Gasteiger partial charge is 0.255 e. The molecule has 1 saturated heterocycles. The number of para-hydroxylation sites is 1. The van der Waals surface area contributed by atoms with E-state index in [1.807, 2.05) is 47.4 Å². The maximum atomic E-state index is 12.8. The van der Waals surface area contributed by atoms with Gasteiger partial charge >= 0.3 is 0 Å². The lowest BCUT2D eigenvalue weighted by molar-refractivity contribution is 0.0746. The fourth-order valence-electron chi connectivity index (χ4n) is 3.20. The van der Waals surface area contributed by atoms with Gasteiger partial charge < -0.3 is 14.9 Å². The number of hydrogen-bond donors (Lipinski definition) is 1. The minimum absolute atomic E-state index is 0.0311. The number of amides is 1. The van der Waals surface area contributed by atoms with E-state index in [0.29, 0.717) is 18.7 Å². The normalized spacial score (nSPS) is 14.7. The summed E-state index contributed by atoms with van der Waals surface area (Å²) >= 11 is 0. The van der Waals surface area contributed by atoms with E-state index in [-0.39, 0.29) is 11.7 Å².